The number of hydrogen-bond donors (Lipinski definition) is 0. The Morgan fingerprint density at radius 3 is 2.33 bits per heavy atom. The van der Waals surface area contributed by atoms with Crippen molar-refractivity contribution in [2.45, 2.75) is 12.8 Å². The van der Waals surface area contributed by atoms with E-state index < -0.39 is 4.92 Å². The minimum Gasteiger partial charge on any atom is -0.457 e. The first kappa shape index (κ1) is 18.6. The molecule has 7 heteroatoms. The van der Waals surface area contributed by atoms with Gasteiger partial charge in [-0.05, 0) is 18.9 Å². The highest BCUT2D eigenvalue weighted by atomic mass is 16.6. The largest absolute Gasteiger partial charge is 0.457 e. The number of nitrogens with zero attached hydrogens (tertiary/aromatic N) is 2. The smallest absolute Gasteiger partial charge is 0.309 e. The lowest BCUT2D eigenvalue weighted by atomic mass is 9.96. The molecule has 27 heavy (non-hydrogen) atoms. The Morgan fingerprint density at radius 1 is 1.04 bits per heavy atom. The van der Waals surface area contributed by atoms with Gasteiger partial charge in [-0.1, -0.05) is 42.5 Å². The van der Waals surface area contributed by atoms with E-state index in [-0.39, 0.29) is 30.0 Å². The van der Waals surface area contributed by atoms with Gasteiger partial charge in [0, 0.05) is 24.7 Å². The van der Waals surface area contributed by atoms with Crippen molar-refractivity contribution in [2.24, 2.45) is 5.92 Å². The number of ketones is 1. The molecule has 0 radical (unpaired) electrons. The summed E-state index contributed by atoms with van der Waals surface area (Å²) in [7, 11) is 0. The van der Waals surface area contributed by atoms with Crippen LogP contribution in [0, 0.1) is 16.0 Å². The summed E-state index contributed by atoms with van der Waals surface area (Å²) in [5, 5.41) is 11.2. The first-order chi connectivity index (χ1) is 13.1. The van der Waals surface area contributed by atoms with Crippen LogP contribution in [0.1, 0.15) is 23.2 Å². The number of esters is 1. The number of ether oxygens (including phenoxy) is 1. The summed E-state index contributed by atoms with van der Waals surface area (Å²) in [5.74, 6) is -0.921. The van der Waals surface area contributed by atoms with Crippen molar-refractivity contribution in [2.75, 3.05) is 24.6 Å². The molecule has 7 nitrogen and oxygen atoms in total. The molecule has 0 unspecified atom stereocenters. The maximum atomic E-state index is 12.3. The van der Waals surface area contributed by atoms with Gasteiger partial charge in [-0.25, -0.2) is 0 Å². The van der Waals surface area contributed by atoms with Gasteiger partial charge in [0.15, 0.2) is 12.4 Å². The highest BCUT2D eigenvalue weighted by Crippen LogP contribution is 2.31. The average molecular weight is 368 g/mol. The molecule has 2 aromatic carbocycles. The van der Waals surface area contributed by atoms with Gasteiger partial charge in [0.1, 0.15) is 5.69 Å². The van der Waals surface area contributed by atoms with Crippen LogP contribution in [0.2, 0.25) is 0 Å². The van der Waals surface area contributed by atoms with Gasteiger partial charge in [0.25, 0.3) is 5.69 Å². The fourth-order valence-electron chi connectivity index (χ4n) is 3.20. The van der Waals surface area contributed by atoms with Gasteiger partial charge in [0.2, 0.25) is 0 Å². The molecule has 0 aromatic heterocycles. The summed E-state index contributed by atoms with van der Waals surface area (Å²) >= 11 is 0. The Bertz CT molecular complexity index is 829. The molecule has 1 heterocycles. The minimum atomic E-state index is -0.398. The number of nitro benzene ring substituents is 1. The fourth-order valence-corrected chi connectivity index (χ4v) is 3.20. The molecule has 0 saturated carbocycles. The van der Waals surface area contributed by atoms with E-state index in [2.05, 4.69) is 0 Å². The van der Waals surface area contributed by atoms with Crippen LogP contribution < -0.4 is 4.90 Å². The highest BCUT2D eigenvalue weighted by Gasteiger charge is 2.29. The van der Waals surface area contributed by atoms with Crippen molar-refractivity contribution >= 4 is 23.1 Å². The number of Topliss-reactive ketones (excluding diaryl/α,β-unsaturated/α-hetero) is 1. The van der Waals surface area contributed by atoms with E-state index in [1.807, 2.05) is 11.0 Å². The zero-order chi connectivity index (χ0) is 19.2. The predicted octanol–water partition coefficient (Wildman–Crippen LogP) is 3.24. The second-order valence-corrected chi connectivity index (χ2v) is 6.40. The molecular formula is C20H20N2O5. The number of nitro groups is 1. The molecule has 3 rings (SSSR count). The predicted molar refractivity (Wildman–Crippen MR) is 99.8 cm³/mol. The van der Waals surface area contributed by atoms with Crippen molar-refractivity contribution in [1.82, 2.24) is 0 Å². The molecule has 0 atom stereocenters. The van der Waals surface area contributed by atoms with Crippen LogP contribution in [-0.4, -0.2) is 36.4 Å². The molecule has 0 aliphatic carbocycles. The topological polar surface area (TPSA) is 89.8 Å². The summed E-state index contributed by atoms with van der Waals surface area (Å²) in [6.45, 7) is 0.779. The lowest BCUT2D eigenvalue weighted by Gasteiger charge is -2.32. The van der Waals surface area contributed by atoms with Crippen LogP contribution in [0.4, 0.5) is 11.4 Å². The first-order valence-electron chi connectivity index (χ1n) is 8.79. The van der Waals surface area contributed by atoms with E-state index in [1.54, 1.807) is 42.5 Å². The van der Waals surface area contributed by atoms with E-state index in [1.165, 1.54) is 6.07 Å². The number of para-hydroxylation sites is 2. The van der Waals surface area contributed by atoms with Crippen molar-refractivity contribution in [1.29, 1.82) is 0 Å². The van der Waals surface area contributed by atoms with Crippen LogP contribution in [0.5, 0.6) is 0 Å². The molecular weight excluding hydrogens is 348 g/mol. The van der Waals surface area contributed by atoms with E-state index in [4.69, 9.17) is 4.74 Å². The van der Waals surface area contributed by atoms with Crippen LogP contribution in [-0.2, 0) is 9.53 Å². The van der Waals surface area contributed by atoms with E-state index >= 15 is 0 Å². The van der Waals surface area contributed by atoms with Crippen LogP contribution in [0.25, 0.3) is 0 Å². The van der Waals surface area contributed by atoms with Crippen molar-refractivity contribution < 1.29 is 19.2 Å². The normalized spacial score (nSPS) is 14.6. The number of benzene rings is 2. The lowest BCUT2D eigenvalue weighted by Crippen LogP contribution is -2.37. The fraction of sp³-hybridized carbons (Fsp3) is 0.300. The Labute approximate surface area is 156 Å². The summed E-state index contributed by atoms with van der Waals surface area (Å²) in [5.41, 5.74) is 1.14. The Balaban J connectivity index is 1.53. The third kappa shape index (κ3) is 4.49. The maximum absolute atomic E-state index is 12.3. The Morgan fingerprint density at radius 2 is 1.67 bits per heavy atom. The van der Waals surface area contributed by atoms with Gasteiger partial charge in [-0.15, -0.1) is 0 Å². The molecule has 1 aliphatic rings. The maximum Gasteiger partial charge on any atom is 0.309 e. The number of rotatable bonds is 6. The molecule has 1 aliphatic heterocycles. The van der Waals surface area contributed by atoms with Gasteiger partial charge in [0.05, 0.1) is 10.8 Å². The third-order valence-electron chi connectivity index (χ3n) is 4.69. The summed E-state index contributed by atoms with van der Waals surface area (Å²) in [4.78, 5) is 37.0. The second kappa shape index (κ2) is 8.44. The number of carbonyl (C=O) groups is 2. The lowest BCUT2D eigenvalue weighted by molar-refractivity contribution is -0.384. The molecule has 0 spiro atoms. The molecule has 2 aromatic rings. The van der Waals surface area contributed by atoms with Crippen molar-refractivity contribution in [3.63, 3.8) is 0 Å². The summed E-state index contributed by atoms with van der Waals surface area (Å²) < 4.78 is 5.19. The quantitative estimate of drug-likeness (QED) is 0.336. The molecule has 0 bridgehead atoms. The van der Waals surface area contributed by atoms with Crippen LogP contribution >= 0.6 is 0 Å². The minimum absolute atomic E-state index is 0.0620. The summed E-state index contributed by atoms with van der Waals surface area (Å²) in [6, 6.07) is 15.3. The van der Waals surface area contributed by atoms with Crippen LogP contribution in [0.15, 0.2) is 54.6 Å². The van der Waals surface area contributed by atoms with E-state index in [0.29, 0.717) is 37.2 Å². The number of carbonyl (C=O) groups excluding carboxylic acids is 2. The highest BCUT2D eigenvalue weighted by molar-refractivity contribution is 5.97. The molecule has 1 saturated heterocycles. The SMILES string of the molecule is O=C(COC(=O)C1CCN(c2ccccc2[N+](=O)[O-])CC1)c1ccccc1. The Hall–Kier alpha value is -3.22. The molecule has 0 amide bonds. The molecule has 140 valence electrons. The van der Waals surface area contributed by atoms with Gasteiger partial charge in [-0.2, -0.15) is 0 Å². The molecule has 1 fully saturated rings. The second-order valence-electron chi connectivity index (χ2n) is 6.40. The van der Waals surface area contributed by atoms with E-state index in [0.717, 1.165) is 0 Å². The zero-order valence-electron chi connectivity index (χ0n) is 14.7. The third-order valence-corrected chi connectivity index (χ3v) is 4.69. The van der Waals surface area contributed by atoms with Gasteiger partial charge in [-0.3, -0.25) is 19.7 Å². The van der Waals surface area contributed by atoms with Gasteiger partial charge < -0.3 is 9.64 Å². The standard InChI is InChI=1S/C20H20N2O5/c23-19(15-6-2-1-3-7-15)14-27-20(24)16-10-12-21(13-11-16)17-8-4-5-9-18(17)22(25)26/h1-9,16H,10-14H2. The van der Waals surface area contributed by atoms with Crippen molar-refractivity contribution in [3.05, 3.63) is 70.3 Å². The van der Waals surface area contributed by atoms with Gasteiger partial charge >= 0.3 is 5.97 Å². The first-order valence-corrected chi connectivity index (χ1v) is 8.79. The average Bonchev–Trinajstić information content (AvgIpc) is 2.72. The number of piperidine rings is 1. The van der Waals surface area contributed by atoms with Crippen molar-refractivity contribution in [3.8, 4) is 0 Å². The Kier molecular flexibility index (Phi) is 5.80. The zero-order valence-corrected chi connectivity index (χ0v) is 14.7. The molecule has 0 N–H and O–H groups in total. The number of anilines is 1. The van der Waals surface area contributed by atoms with E-state index in [9.17, 15) is 19.7 Å². The summed E-state index contributed by atoms with van der Waals surface area (Å²) in [6.07, 6.45) is 1.06. The monoisotopic (exact) mass is 368 g/mol. The van der Waals surface area contributed by atoms with Crippen LogP contribution in [0.3, 0.4) is 0 Å². The number of hydrogen-bond acceptors (Lipinski definition) is 6.